The lowest BCUT2D eigenvalue weighted by Gasteiger charge is -2.29. The van der Waals surface area contributed by atoms with Crippen molar-refractivity contribution >= 4 is 23.6 Å². The molecule has 0 aliphatic heterocycles. The lowest BCUT2D eigenvalue weighted by molar-refractivity contribution is -0.138. The second kappa shape index (κ2) is 11.7. The van der Waals surface area contributed by atoms with Crippen LogP contribution in [0.5, 0.6) is 0 Å². The fourth-order valence-electron chi connectivity index (χ4n) is 2.79. The molecule has 1 atom stereocenters. The van der Waals surface area contributed by atoms with Gasteiger partial charge >= 0.3 is 0 Å². The predicted molar refractivity (Wildman–Crippen MR) is 117 cm³/mol. The van der Waals surface area contributed by atoms with E-state index in [1.165, 1.54) is 28.8 Å². The zero-order chi connectivity index (χ0) is 22.1. The molecule has 0 bridgehead atoms. The Balaban J connectivity index is 2.08. The van der Waals surface area contributed by atoms with Gasteiger partial charge in [0, 0.05) is 24.4 Å². The highest BCUT2D eigenvalue weighted by molar-refractivity contribution is 7.99. The van der Waals surface area contributed by atoms with E-state index >= 15 is 0 Å². The standard InChI is InChI=1S/C23H28F2N2O2S/c1-16(2)12-26-23(29)17(3)27(13-18-8-4-6-10-20(18)24)22(28)15-30-14-19-9-5-7-11-21(19)25/h4-11,16-17H,12-15H2,1-3H3,(H,26,29)/t17-/m0/s1. The Hall–Kier alpha value is -2.41. The molecule has 2 aromatic carbocycles. The first-order valence-electron chi connectivity index (χ1n) is 9.91. The third-order valence-electron chi connectivity index (χ3n) is 4.59. The van der Waals surface area contributed by atoms with Crippen molar-refractivity contribution in [3.05, 3.63) is 71.3 Å². The summed E-state index contributed by atoms with van der Waals surface area (Å²) in [6.07, 6.45) is 0. The number of benzene rings is 2. The third kappa shape index (κ3) is 7.13. The highest BCUT2D eigenvalue weighted by Crippen LogP contribution is 2.18. The van der Waals surface area contributed by atoms with Crippen molar-refractivity contribution in [2.75, 3.05) is 12.3 Å². The summed E-state index contributed by atoms with van der Waals surface area (Å²) in [6, 6.07) is 11.8. The van der Waals surface area contributed by atoms with Gasteiger partial charge in [0.15, 0.2) is 0 Å². The molecule has 0 aliphatic carbocycles. The van der Waals surface area contributed by atoms with Crippen molar-refractivity contribution < 1.29 is 18.4 Å². The average molecular weight is 435 g/mol. The Kier molecular flexibility index (Phi) is 9.30. The van der Waals surface area contributed by atoms with Crippen molar-refractivity contribution in [2.45, 2.75) is 39.1 Å². The van der Waals surface area contributed by atoms with E-state index in [1.807, 2.05) is 13.8 Å². The van der Waals surface area contributed by atoms with Crippen molar-refractivity contribution in [2.24, 2.45) is 5.92 Å². The summed E-state index contributed by atoms with van der Waals surface area (Å²) in [4.78, 5) is 26.9. The van der Waals surface area contributed by atoms with E-state index in [0.29, 0.717) is 23.4 Å². The molecule has 2 rings (SSSR count). The summed E-state index contributed by atoms with van der Waals surface area (Å²) >= 11 is 1.26. The van der Waals surface area contributed by atoms with Crippen LogP contribution in [0.1, 0.15) is 31.9 Å². The summed E-state index contributed by atoms with van der Waals surface area (Å²) in [6.45, 7) is 6.07. The van der Waals surface area contributed by atoms with E-state index in [9.17, 15) is 18.4 Å². The van der Waals surface area contributed by atoms with Crippen molar-refractivity contribution in [1.29, 1.82) is 0 Å². The number of thioether (sulfide) groups is 1. The Morgan fingerprint density at radius 3 is 2.10 bits per heavy atom. The quantitative estimate of drug-likeness (QED) is 0.604. The van der Waals surface area contributed by atoms with Crippen molar-refractivity contribution in [3.63, 3.8) is 0 Å². The van der Waals surface area contributed by atoms with Gasteiger partial charge < -0.3 is 10.2 Å². The molecule has 4 nitrogen and oxygen atoms in total. The van der Waals surface area contributed by atoms with Gasteiger partial charge in [0.1, 0.15) is 17.7 Å². The van der Waals surface area contributed by atoms with Gasteiger partial charge in [0.25, 0.3) is 0 Å². The maximum Gasteiger partial charge on any atom is 0.242 e. The van der Waals surface area contributed by atoms with Gasteiger partial charge in [-0.1, -0.05) is 50.2 Å². The molecule has 0 heterocycles. The van der Waals surface area contributed by atoms with Gasteiger partial charge in [0.2, 0.25) is 11.8 Å². The molecule has 0 spiro atoms. The van der Waals surface area contributed by atoms with Crippen LogP contribution in [-0.4, -0.2) is 35.1 Å². The topological polar surface area (TPSA) is 49.4 Å². The SMILES string of the molecule is CC(C)CNC(=O)[C@H](C)N(Cc1ccccc1F)C(=O)CSCc1ccccc1F. The molecule has 0 saturated heterocycles. The summed E-state index contributed by atoms with van der Waals surface area (Å²) in [7, 11) is 0. The molecule has 0 aromatic heterocycles. The highest BCUT2D eigenvalue weighted by atomic mass is 32.2. The molecule has 2 aromatic rings. The Morgan fingerprint density at radius 1 is 0.967 bits per heavy atom. The summed E-state index contributed by atoms with van der Waals surface area (Å²) in [5, 5.41) is 2.82. The van der Waals surface area contributed by atoms with Crippen LogP contribution < -0.4 is 5.32 Å². The lowest BCUT2D eigenvalue weighted by atomic mass is 10.1. The number of carbonyl (C=O) groups excluding carboxylic acids is 2. The molecule has 0 unspecified atom stereocenters. The molecule has 30 heavy (non-hydrogen) atoms. The number of hydrogen-bond donors (Lipinski definition) is 1. The zero-order valence-corrected chi connectivity index (χ0v) is 18.3. The number of carbonyl (C=O) groups is 2. The molecule has 2 amide bonds. The molecule has 162 valence electrons. The summed E-state index contributed by atoms with van der Waals surface area (Å²) in [5.74, 6) is -0.663. The monoisotopic (exact) mass is 434 g/mol. The number of hydrogen-bond acceptors (Lipinski definition) is 3. The van der Waals surface area contributed by atoms with E-state index in [2.05, 4.69) is 5.32 Å². The van der Waals surface area contributed by atoms with Crippen LogP contribution in [0.4, 0.5) is 8.78 Å². The van der Waals surface area contributed by atoms with E-state index < -0.39 is 11.9 Å². The third-order valence-corrected chi connectivity index (χ3v) is 5.56. The Labute approximate surface area is 181 Å². The zero-order valence-electron chi connectivity index (χ0n) is 17.5. The van der Waals surface area contributed by atoms with Crippen LogP contribution in [0.3, 0.4) is 0 Å². The Bertz CT molecular complexity index is 861. The van der Waals surface area contributed by atoms with Gasteiger partial charge in [0.05, 0.1) is 5.75 Å². The lowest BCUT2D eigenvalue weighted by Crippen LogP contribution is -2.48. The minimum atomic E-state index is -0.759. The molecule has 0 radical (unpaired) electrons. The second-order valence-corrected chi connectivity index (χ2v) is 8.50. The molecule has 0 fully saturated rings. The molecule has 7 heteroatoms. The van der Waals surface area contributed by atoms with Crippen LogP contribution in [0.25, 0.3) is 0 Å². The second-order valence-electron chi connectivity index (χ2n) is 7.51. The van der Waals surface area contributed by atoms with Crippen LogP contribution in [0.2, 0.25) is 0 Å². The van der Waals surface area contributed by atoms with Gasteiger partial charge in [-0.25, -0.2) is 8.78 Å². The highest BCUT2D eigenvalue weighted by Gasteiger charge is 2.26. The first-order valence-corrected chi connectivity index (χ1v) is 11.1. The summed E-state index contributed by atoms with van der Waals surface area (Å²) < 4.78 is 27.9. The summed E-state index contributed by atoms with van der Waals surface area (Å²) in [5.41, 5.74) is 0.854. The minimum absolute atomic E-state index is 0.0119. The van der Waals surface area contributed by atoms with E-state index in [0.717, 1.165) is 0 Å². The van der Waals surface area contributed by atoms with Crippen LogP contribution in [0, 0.1) is 17.6 Å². The van der Waals surface area contributed by atoms with Gasteiger partial charge in [-0.2, -0.15) is 0 Å². The molecule has 1 N–H and O–H groups in total. The number of nitrogens with one attached hydrogen (secondary N) is 1. The smallest absolute Gasteiger partial charge is 0.242 e. The average Bonchev–Trinajstić information content (AvgIpc) is 2.72. The van der Waals surface area contributed by atoms with E-state index in [4.69, 9.17) is 0 Å². The van der Waals surface area contributed by atoms with E-state index in [1.54, 1.807) is 43.3 Å². The van der Waals surface area contributed by atoms with Crippen LogP contribution in [-0.2, 0) is 21.9 Å². The predicted octanol–water partition coefficient (Wildman–Crippen LogP) is 4.39. The van der Waals surface area contributed by atoms with Gasteiger partial charge in [-0.05, 0) is 30.5 Å². The fourth-order valence-corrected chi connectivity index (χ4v) is 3.69. The number of nitrogens with zero attached hydrogens (tertiary/aromatic N) is 1. The molecule has 0 saturated carbocycles. The maximum absolute atomic E-state index is 14.2. The largest absolute Gasteiger partial charge is 0.354 e. The first kappa shape index (κ1) is 23.9. The van der Waals surface area contributed by atoms with Gasteiger partial charge in [-0.15, -0.1) is 11.8 Å². The fraction of sp³-hybridized carbons (Fsp3) is 0.391. The number of rotatable bonds is 10. The van der Waals surface area contributed by atoms with E-state index in [-0.39, 0.29) is 35.8 Å². The minimum Gasteiger partial charge on any atom is -0.354 e. The van der Waals surface area contributed by atoms with Crippen molar-refractivity contribution in [1.82, 2.24) is 10.2 Å². The molecular formula is C23H28F2N2O2S. The van der Waals surface area contributed by atoms with Crippen LogP contribution in [0.15, 0.2) is 48.5 Å². The number of halogens is 2. The maximum atomic E-state index is 14.2. The van der Waals surface area contributed by atoms with Crippen LogP contribution >= 0.6 is 11.8 Å². The molecule has 0 aliphatic rings. The normalized spacial score (nSPS) is 11.9. The van der Waals surface area contributed by atoms with Crippen molar-refractivity contribution in [3.8, 4) is 0 Å². The molecular weight excluding hydrogens is 406 g/mol. The number of amides is 2. The first-order chi connectivity index (χ1) is 14.3. The Morgan fingerprint density at radius 2 is 1.53 bits per heavy atom. The van der Waals surface area contributed by atoms with Gasteiger partial charge in [-0.3, -0.25) is 9.59 Å².